The Labute approximate surface area is 132 Å². The van der Waals surface area contributed by atoms with Crippen molar-refractivity contribution in [3.05, 3.63) is 47.1 Å². The zero-order chi connectivity index (χ0) is 15.9. The first-order valence-electron chi connectivity index (χ1n) is 7.73. The number of aromatic nitrogens is 2. The topological polar surface area (TPSA) is 60.2 Å². The van der Waals surface area contributed by atoms with Gasteiger partial charge in [0.2, 0.25) is 5.89 Å². The van der Waals surface area contributed by atoms with Crippen molar-refractivity contribution in [2.45, 2.75) is 18.3 Å². The van der Waals surface area contributed by atoms with E-state index in [2.05, 4.69) is 15.5 Å². The van der Waals surface area contributed by atoms with E-state index in [1.54, 1.807) is 0 Å². The van der Waals surface area contributed by atoms with Gasteiger partial charge in [-0.3, -0.25) is 0 Å². The molecule has 0 saturated carbocycles. The third kappa shape index (κ3) is 2.53. The van der Waals surface area contributed by atoms with Crippen molar-refractivity contribution in [2.24, 2.45) is 5.92 Å². The van der Waals surface area contributed by atoms with E-state index in [4.69, 9.17) is 9.26 Å². The fourth-order valence-electron chi connectivity index (χ4n) is 3.51. The van der Waals surface area contributed by atoms with Crippen molar-refractivity contribution in [1.29, 1.82) is 0 Å². The highest BCUT2D eigenvalue weighted by molar-refractivity contribution is 5.22. The van der Waals surface area contributed by atoms with E-state index in [1.165, 1.54) is 6.07 Å². The number of nitrogens with one attached hydrogen (secondary N) is 1. The maximum absolute atomic E-state index is 13.3. The molecular formula is C16H17F2N3O2. The summed E-state index contributed by atoms with van der Waals surface area (Å²) in [6.07, 6.45) is 1.27. The van der Waals surface area contributed by atoms with Crippen molar-refractivity contribution in [3.8, 4) is 0 Å². The summed E-state index contributed by atoms with van der Waals surface area (Å²) in [6.45, 7) is 3.00. The number of rotatable bonds is 3. The average molecular weight is 321 g/mol. The van der Waals surface area contributed by atoms with Crippen LogP contribution in [0, 0.1) is 17.6 Å². The molecule has 0 bridgehead atoms. The van der Waals surface area contributed by atoms with Crippen molar-refractivity contribution in [3.63, 3.8) is 0 Å². The molecule has 2 aromatic rings. The lowest BCUT2D eigenvalue weighted by molar-refractivity contribution is 0.00198. The highest BCUT2D eigenvalue weighted by Crippen LogP contribution is 2.39. The number of nitrogens with zero attached hydrogens (tertiary/aromatic N) is 2. The fourth-order valence-corrected chi connectivity index (χ4v) is 3.51. The van der Waals surface area contributed by atoms with Gasteiger partial charge in [-0.2, -0.15) is 4.98 Å². The van der Waals surface area contributed by atoms with E-state index in [0.717, 1.165) is 38.2 Å². The van der Waals surface area contributed by atoms with Crippen LogP contribution in [0.15, 0.2) is 22.7 Å². The Hall–Kier alpha value is -1.86. The van der Waals surface area contributed by atoms with Gasteiger partial charge in [0.1, 0.15) is 0 Å². The second-order valence-corrected chi connectivity index (χ2v) is 6.27. The first-order chi connectivity index (χ1) is 11.2. The molecule has 3 heterocycles. The number of benzene rings is 1. The lowest BCUT2D eigenvalue weighted by Crippen LogP contribution is -2.44. The predicted octanol–water partition coefficient (Wildman–Crippen LogP) is 1.82. The summed E-state index contributed by atoms with van der Waals surface area (Å²) in [5.41, 5.74) is 0.340. The van der Waals surface area contributed by atoms with Crippen LogP contribution in [-0.2, 0) is 16.6 Å². The molecule has 7 heteroatoms. The fraction of sp³-hybridized carbons (Fsp3) is 0.500. The van der Waals surface area contributed by atoms with Gasteiger partial charge in [-0.25, -0.2) is 8.78 Å². The van der Waals surface area contributed by atoms with E-state index in [0.29, 0.717) is 36.2 Å². The molecule has 0 unspecified atom stereocenters. The number of hydrogen-bond acceptors (Lipinski definition) is 5. The van der Waals surface area contributed by atoms with E-state index in [-0.39, 0.29) is 5.41 Å². The molecule has 0 aliphatic carbocycles. The van der Waals surface area contributed by atoms with Gasteiger partial charge in [0.15, 0.2) is 17.5 Å². The maximum atomic E-state index is 13.3. The third-order valence-electron chi connectivity index (χ3n) is 4.82. The Kier molecular flexibility index (Phi) is 3.61. The molecule has 23 heavy (non-hydrogen) atoms. The largest absolute Gasteiger partial charge is 0.380 e. The lowest BCUT2D eigenvalue weighted by Gasteiger charge is -2.34. The Morgan fingerprint density at radius 2 is 2.22 bits per heavy atom. The van der Waals surface area contributed by atoms with Crippen LogP contribution in [-0.4, -0.2) is 36.4 Å². The van der Waals surface area contributed by atoms with Gasteiger partial charge in [-0.1, -0.05) is 11.2 Å². The molecule has 1 aromatic carbocycles. The normalized spacial score (nSPS) is 27.1. The van der Waals surface area contributed by atoms with Gasteiger partial charge in [0.25, 0.3) is 0 Å². The zero-order valence-corrected chi connectivity index (χ0v) is 12.5. The molecule has 0 amide bonds. The second-order valence-electron chi connectivity index (χ2n) is 6.27. The summed E-state index contributed by atoms with van der Waals surface area (Å²) in [7, 11) is 0. The van der Waals surface area contributed by atoms with Crippen LogP contribution in [0.25, 0.3) is 0 Å². The van der Waals surface area contributed by atoms with Crippen LogP contribution < -0.4 is 5.32 Å². The van der Waals surface area contributed by atoms with E-state index in [9.17, 15) is 8.78 Å². The summed E-state index contributed by atoms with van der Waals surface area (Å²) in [5, 5.41) is 7.39. The molecule has 2 atom stereocenters. The van der Waals surface area contributed by atoms with Gasteiger partial charge in [-0.15, -0.1) is 0 Å². The maximum Gasteiger partial charge on any atom is 0.236 e. The lowest BCUT2D eigenvalue weighted by atomic mass is 9.75. The van der Waals surface area contributed by atoms with Gasteiger partial charge in [0, 0.05) is 19.6 Å². The van der Waals surface area contributed by atoms with Crippen LogP contribution in [0.5, 0.6) is 0 Å². The number of fused-ring (bicyclic) bond motifs is 1. The molecule has 1 aromatic heterocycles. The molecule has 1 N–H and O–H groups in total. The van der Waals surface area contributed by atoms with Crippen molar-refractivity contribution in [1.82, 2.24) is 15.5 Å². The summed E-state index contributed by atoms with van der Waals surface area (Å²) in [4.78, 5) is 4.50. The highest BCUT2D eigenvalue weighted by Gasteiger charge is 2.50. The monoisotopic (exact) mass is 321 g/mol. The molecule has 2 fully saturated rings. The SMILES string of the molecule is Fc1ccc(Cc2noc([C@]34CNC[C@H]3CCOC4)n2)cc1F. The third-order valence-corrected chi connectivity index (χ3v) is 4.82. The van der Waals surface area contributed by atoms with Crippen molar-refractivity contribution >= 4 is 0 Å². The predicted molar refractivity (Wildman–Crippen MR) is 76.9 cm³/mol. The second kappa shape index (κ2) is 5.65. The Balaban J connectivity index is 1.58. The van der Waals surface area contributed by atoms with E-state index >= 15 is 0 Å². The van der Waals surface area contributed by atoms with E-state index < -0.39 is 11.6 Å². The van der Waals surface area contributed by atoms with Gasteiger partial charge in [-0.05, 0) is 36.6 Å². The summed E-state index contributed by atoms with van der Waals surface area (Å²) in [5.74, 6) is -0.263. The molecule has 4 rings (SSSR count). The number of halogens is 2. The van der Waals surface area contributed by atoms with Crippen molar-refractivity contribution in [2.75, 3.05) is 26.3 Å². The highest BCUT2D eigenvalue weighted by atomic mass is 19.2. The molecule has 2 saturated heterocycles. The first kappa shape index (κ1) is 14.7. The molecule has 0 spiro atoms. The molecular weight excluding hydrogens is 304 g/mol. The summed E-state index contributed by atoms with van der Waals surface area (Å²) in [6, 6.07) is 3.79. The van der Waals surface area contributed by atoms with Crippen molar-refractivity contribution < 1.29 is 18.0 Å². The van der Waals surface area contributed by atoms with Gasteiger partial charge in [0.05, 0.1) is 12.0 Å². The van der Waals surface area contributed by atoms with Crippen LogP contribution in [0.2, 0.25) is 0 Å². The standard InChI is InChI=1S/C16H17F2N3O2/c17-12-2-1-10(5-13(12)18)6-14-20-15(23-21-14)16-8-19-7-11(16)3-4-22-9-16/h1-2,5,11,19H,3-4,6-9H2/t11-,16+/m1/s1. The average Bonchev–Trinajstić information content (AvgIpc) is 3.18. The minimum atomic E-state index is -0.870. The van der Waals surface area contributed by atoms with Crippen LogP contribution in [0.1, 0.15) is 23.7 Å². The molecule has 122 valence electrons. The van der Waals surface area contributed by atoms with Gasteiger partial charge >= 0.3 is 0 Å². The zero-order valence-electron chi connectivity index (χ0n) is 12.5. The Bertz CT molecular complexity index is 721. The minimum absolute atomic E-state index is 0.266. The number of hydrogen-bond donors (Lipinski definition) is 1. The minimum Gasteiger partial charge on any atom is -0.380 e. The van der Waals surface area contributed by atoms with Crippen LogP contribution in [0.4, 0.5) is 8.78 Å². The quantitative estimate of drug-likeness (QED) is 0.934. The van der Waals surface area contributed by atoms with E-state index in [1.807, 2.05) is 0 Å². The van der Waals surface area contributed by atoms with Crippen LogP contribution >= 0.6 is 0 Å². The summed E-state index contributed by atoms with van der Waals surface area (Å²) < 4.78 is 37.4. The first-order valence-corrected chi connectivity index (χ1v) is 7.73. The molecule has 2 aliphatic heterocycles. The Morgan fingerprint density at radius 1 is 1.30 bits per heavy atom. The molecule has 0 radical (unpaired) electrons. The van der Waals surface area contributed by atoms with Crippen LogP contribution in [0.3, 0.4) is 0 Å². The number of ether oxygens (including phenoxy) is 1. The summed E-state index contributed by atoms with van der Waals surface area (Å²) >= 11 is 0. The smallest absolute Gasteiger partial charge is 0.236 e. The Morgan fingerprint density at radius 3 is 3.09 bits per heavy atom. The molecule has 2 aliphatic rings. The molecule has 5 nitrogen and oxygen atoms in total. The van der Waals surface area contributed by atoms with Gasteiger partial charge < -0.3 is 14.6 Å².